The van der Waals surface area contributed by atoms with Crippen LogP contribution in [0.1, 0.15) is 17.2 Å². The highest BCUT2D eigenvalue weighted by Gasteiger charge is 2.39. The van der Waals surface area contributed by atoms with Gasteiger partial charge in [-0.2, -0.15) is 0 Å². The zero-order valence-corrected chi connectivity index (χ0v) is 7.03. The SMILES string of the molecule is Cc1ccc([C@@H]2O[C@H]2CO)cc1. The molecule has 1 aromatic carbocycles. The number of hydrogen-bond donors (Lipinski definition) is 1. The number of rotatable bonds is 2. The highest BCUT2D eigenvalue weighted by Crippen LogP contribution is 2.37. The maximum absolute atomic E-state index is 8.77. The molecule has 2 rings (SSSR count). The van der Waals surface area contributed by atoms with E-state index in [0.29, 0.717) is 0 Å². The summed E-state index contributed by atoms with van der Waals surface area (Å²) in [5, 5.41) is 8.77. The van der Waals surface area contributed by atoms with Crippen molar-refractivity contribution in [2.75, 3.05) is 6.61 Å². The molecule has 1 aliphatic rings. The maximum Gasteiger partial charge on any atom is 0.112 e. The van der Waals surface area contributed by atoms with Gasteiger partial charge in [-0.15, -0.1) is 0 Å². The highest BCUT2D eigenvalue weighted by atomic mass is 16.6. The normalized spacial score (nSPS) is 27.2. The summed E-state index contributed by atoms with van der Waals surface area (Å²) in [6.45, 7) is 2.18. The van der Waals surface area contributed by atoms with Crippen molar-refractivity contribution in [1.29, 1.82) is 0 Å². The second kappa shape index (κ2) is 2.88. The lowest BCUT2D eigenvalue weighted by atomic mass is 10.1. The summed E-state index contributed by atoms with van der Waals surface area (Å²) in [7, 11) is 0. The third-order valence-electron chi connectivity index (χ3n) is 2.17. The van der Waals surface area contributed by atoms with Gasteiger partial charge in [-0.3, -0.25) is 0 Å². The summed E-state index contributed by atoms with van der Waals surface area (Å²) in [6, 6.07) is 8.22. The van der Waals surface area contributed by atoms with Crippen LogP contribution in [0.2, 0.25) is 0 Å². The van der Waals surface area contributed by atoms with Crippen molar-refractivity contribution in [3.63, 3.8) is 0 Å². The number of aliphatic hydroxyl groups is 1. The molecular formula is C10H12O2. The average Bonchev–Trinajstić information content (AvgIpc) is 2.85. The first kappa shape index (κ1) is 7.77. The van der Waals surface area contributed by atoms with Crippen molar-refractivity contribution in [2.24, 2.45) is 0 Å². The summed E-state index contributed by atoms with van der Waals surface area (Å²) < 4.78 is 5.24. The molecule has 0 saturated carbocycles. The first-order valence-electron chi connectivity index (χ1n) is 4.14. The summed E-state index contributed by atoms with van der Waals surface area (Å²) in [6.07, 6.45) is 0.170. The standard InChI is InChI=1S/C10H12O2/c1-7-2-4-8(5-3-7)10-9(6-11)12-10/h2-5,9-11H,6H2,1H3/t9-,10-/m0/s1. The summed E-state index contributed by atoms with van der Waals surface area (Å²) in [5.74, 6) is 0. The molecule has 2 heteroatoms. The second-order valence-electron chi connectivity index (χ2n) is 3.19. The minimum Gasteiger partial charge on any atom is -0.394 e. The predicted octanol–water partition coefficient (Wildman–Crippen LogP) is 1.43. The zero-order valence-electron chi connectivity index (χ0n) is 7.03. The Hall–Kier alpha value is -0.860. The monoisotopic (exact) mass is 164 g/mol. The third kappa shape index (κ3) is 1.36. The largest absolute Gasteiger partial charge is 0.394 e. The molecule has 0 amide bonds. The van der Waals surface area contributed by atoms with Crippen LogP contribution in [0.25, 0.3) is 0 Å². The fraction of sp³-hybridized carbons (Fsp3) is 0.400. The Labute approximate surface area is 71.8 Å². The predicted molar refractivity (Wildman–Crippen MR) is 45.9 cm³/mol. The van der Waals surface area contributed by atoms with E-state index in [0.717, 1.165) is 0 Å². The molecule has 1 aromatic rings. The van der Waals surface area contributed by atoms with E-state index in [4.69, 9.17) is 9.84 Å². The molecule has 2 nitrogen and oxygen atoms in total. The van der Waals surface area contributed by atoms with Crippen molar-refractivity contribution < 1.29 is 9.84 Å². The van der Waals surface area contributed by atoms with E-state index in [2.05, 4.69) is 31.2 Å². The van der Waals surface area contributed by atoms with Crippen LogP contribution in [0.3, 0.4) is 0 Å². The maximum atomic E-state index is 8.77. The fourth-order valence-electron chi connectivity index (χ4n) is 1.33. The van der Waals surface area contributed by atoms with Gasteiger partial charge in [-0.05, 0) is 12.5 Å². The lowest BCUT2D eigenvalue weighted by molar-refractivity contribution is 0.242. The van der Waals surface area contributed by atoms with Crippen molar-refractivity contribution in [3.05, 3.63) is 35.4 Å². The summed E-state index contributed by atoms with van der Waals surface area (Å²) in [4.78, 5) is 0. The molecule has 2 atom stereocenters. The minimum absolute atomic E-state index is 0.0349. The molecule has 64 valence electrons. The first-order valence-corrected chi connectivity index (χ1v) is 4.14. The molecular weight excluding hydrogens is 152 g/mol. The van der Waals surface area contributed by atoms with Gasteiger partial charge in [0.15, 0.2) is 0 Å². The second-order valence-corrected chi connectivity index (χ2v) is 3.19. The average molecular weight is 164 g/mol. The quantitative estimate of drug-likeness (QED) is 0.671. The molecule has 1 aliphatic heterocycles. The van der Waals surface area contributed by atoms with Crippen LogP contribution in [-0.4, -0.2) is 17.8 Å². The van der Waals surface area contributed by atoms with Crippen LogP contribution >= 0.6 is 0 Å². The topological polar surface area (TPSA) is 32.8 Å². The first-order chi connectivity index (χ1) is 5.81. The van der Waals surface area contributed by atoms with Gasteiger partial charge in [-0.1, -0.05) is 29.8 Å². The molecule has 0 spiro atoms. The number of aliphatic hydroxyl groups excluding tert-OH is 1. The van der Waals surface area contributed by atoms with Gasteiger partial charge in [0.05, 0.1) is 6.61 Å². The zero-order chi connectivity index (χ0) is 8.55. The van der Waals surface area contributed by atoms with Gasteiger partial charge in [0.25, 0.3) is 0 Å². The van der Waals surface area contributed by atoms with Crippen LogP contribution in [-0.2, 0) is 4.74 Å². The van der Waals surface area contributed by atoms with Crippen molar-refractivity contribution >= 4 is 0 Å². The van der Waals surface area contributed by atoms with Crippen molar-refractivity contribution in [1.82, 2.24) is 0 Å². The van der Waals surface area contributed by atoms with Gasteiger partial charge < -0.3 is 9.84 Å². The Morgan fingerprint density at radius 1 is 1.33 bits per heavy atom. The summed E-state index contributed by atoms with van der Waals surface area (Å²) in [5.41, 5.74) is 2.42. The molecule has 1 fully saturated rings. The molecule has 0 radical (unpaired) electrons. The number of hydrogen-bond acceptors (Lipinski definition) is 2. The molecule has 0 bridgehead atoms. The minimum atomic E-state index is 0.0349. The van der Waals surface area contributed by atoms with Crippen LogP contribution in [0.4, 0.5) is 0 Å². The number of epoxide rings is 1. The third-order valence-corrected chi connectivity index (χ3v) is 2.17. The molecule has 0 aromatic heterocycles. The Morgan fingerprint density at radius 2 is 2.00 bits per heavy atom. The van der Waals surface area contributed by atoms with E-state index >= 15 is 0 Å². The molecule has 1 saturated heterocycles. The molecule has 1 N–H and O–H groups in total. The highest BCUT2D eigenvalue weighted by molar-refractivity contribution is 5.26. The van der Waals surface area contributed by atoms with Gasteiger partial charge in [0, 0.05) is 0 Å². The molecule has 1 heterocycles. The van der Waals surface area contributed by atoms with Crippen LogP contribution in [0.15, 0.2) is 24.3 Å². The number of aryl methyl sites for hydroxylation is 1. The molecule has 0 aliphatic carbocycles. The van der Waals surface area contributed by atoms with Crippen molar-refractivity contribution in [3.8, 4) is 0 Å². The fourth-order valence-corrected chi connectivity index (χ4v) is 1.33. The number of benzene rings is 1. The van der Waals surface area contributed by atoms with E-state index in [1.807, 2.05) is 0 Å². The molecule has 12 heavy (non-hydrogen) atoms. The molecule has 0 unspecified atom stereocenters. The van der Waals surface area contributed by atoms with E-state index in [1.54, 1.807) is 0 Å². The smallest absolute Gasteiger partial charge is 0.112 e. The lowest BCUT2D eigenvalue weighted by Crippen LogP contribution is -1.94. The van der Waals surface area contributed by atoms with Gasteiger partial charge in [-0.25, -0.2) is 0 Å². The Morgan fingerprint density at radius 3 is 2.50 bits per heavy atom. The Balaban J connectivity index is 2.10. The van der Waals surface area contributed by atoms with E-state index in [-0.39, 0.29) is 18.8 Å². The van der Waals surface area contributed by atoms with Gasteiger partial charge in [0.2, 0.25) is 0 Å². The van der Waals surface area contributed by atoms with E-state index < -0.39 is 0 Å². The van der Waals surface area contributed by atoms with Gasteiger partial charge in [0.1, 0.15) is 12.2 Å². The van der Waals surface area contributed by atoms with Crippen LogP contribution in [0, 0.1) is 6.92 Å². The Bertz CT molecular complexity index is 266. The van der Waals surface area contributed by atoms with E-state index in [9.17, 15) is 0 Å². The Kier molecular flexibility index (Phi) is 1.87. The van der Waals surface area contributed by atoms with Crippen molar-refractivity contribution in [2.45, 2.75) is 19.1 Å². The summed E-state index contributed by atoms with van der Waals surface area (Å²) >= 11 is 0. The van der Waals surface area contributed by atoms with Gasteiger partial charge >= 0.3 is 0 Å². The van der Waals surface area contributed by atoms with Crippen LogP contribution < -0.4 is 0 Å². The van der Waals surface area contributed by atoms with E-state index in [1.165, 1.54) is 11.1 Å². The van der Waals surface area contributed by atoms with Crippen LogP contribution in [0.5, 0.6) is 0 Å². The number of ether oxygens (including phenoxy) is 1. The lowest BCUT2D eigenvalue weighted by Gasteiger charge is -1.95.